The number of nitrogens with two attached hydrogens (primary N) is 1. The van der Waals surface area contributed by atoms with Crippen molar-refractivity contribution in [3.05, 3.63) is 22.4 Å². The Kier molecular flexibility index (Phi) is 3.47. The van der Waals surface area contributed by atoms with Crippen LogP contribution in [0.4, 0.5) is 0 Å². The van der Waals surface area contributed by atoms with Crippen LogP contribution in [0.15, 0.2) is 16.8 Å². The number of thiophene rings is 1. The van der Waals surface area contributed by atoms with Crippen molar-refractivity contribution in [2.45, 2.75) is 50.4 Å². The maximum atomic E-state index is 5.91. The van der Waals surface area contributed by atoms with Crippen LogP contribution in [0, 0.1) is 5.92 Å². The predicted octanol–water partition coefficient (Wildman–Crippen LogP) is 2.08. The maximum Gasteiger partial charge on any atom is 0.0624 e. The van der Waals surface area contributed by atoms with E-state index < -0.39 is 0 Å². The molecule has 4 unspecified atom stereocenters. The van der Waals surface area contributed by atoms with Crippen LogP contribution in [-0.2, 0) is 11.2 Å². The van der Waals surface area contributed by atoms with Gasteiger partial charge in [-0.2, -0.15) is 11.3 Å². The average Bonchev–Trinajstić information content (AvgIpc) is 3.07. The molecule has 94 valence electrons. The third kappa shape index (κ3) is 2.40. The summed E-state index contributed by atoms with van der Waals surface area (Å²) in [6.07, 6.45) is 6.89. The van der Waals surface area contributed by atoms with Gasteiger partial charge < -0.3 is 4.74 Å². The number of ether oxygens (including phenoxy) is 1. The van der Waals surface area contributed by atoms with Crippen molar-refractivity contribution >= 4 is 11.3 Å². The van der Waals surface area contributed by atoms with Gasteiger partial charge in [0.15, 0.2) is 0 Å². The van der Waals surface area contributed by atoms with Gasteiger partial charge in [-0.15, -0.1) is 0 Å². The van der Waals surface area contributed by atoms with E-state index in [4.69, 9.17) is 10.6 Å². The standard InChI is InChI=1S/C13H20N2OS/c14-15-12(3-1-9-5-6-17-8-9)11-7-10-2-4-13(11)16-10/h5-6,8,10-13,15H,1-4,7,14H2. The van der Waals surface area contributed by atoms with Gasteiger partial charge in [-0.25, -0.2) is 0 Å². The van der Waals surface area contributed by atoms with Crippen LogP contribution in [-0.4, -0.2) is 18.2 Å². The molecule has 4 heteroatoms. The first-order chi connectivity index (χ1) is 8.36. The minimum absolute atomic E-state index is 0.408. The van der Waals surface area contributed by atoms with Crippen LogP contribution < -0.4 is 11.3 Å². The Bertz CT molecular complexity index is 354. The maximum absolute atomic E-state index is 5.91. The molecule has 2 aliphatic heterocycles. The van der Waals surface area contributed by atoms with Crippen molar-refractivity contribution in [2.24, 2.45) is 11.8 Å². The highest BCUT2D eigenvalue weighted by Crippen LogP contribution is 2.41. The summed E-state index contributed by atoms with van der Waals surface area (Å²) in [5.74, 6) is 6.34. The lowest BCUT2D eigenvalue weighted by molar-refractivity contribution is 0.0850. The second kappa shape index (κ2) is 5.06. The zero-order valence-electron chi connectivity index (χ0n) is 9.97. The molecule has 17 heavy (non-hydrogen) atoms. The molecule has 1 aromatic rings. The number of nitrogens with one attached hydrogen (secondary N) is 1. The molecular weight excluding hydrogens is 232 g/mol. The van der Waals surface area contributed by atoms with Crippen LogP contribution >= 0.6 is 11.3 Å². The van der Waals surface area contributed by atoms with Crippen LogP contribution in [0.25, 0.3) is 0 Å². The van der Waals surface area contributed by atoms with Gasteiger partial charge in [0.1, 0.15) is 0 Å². The Labute approximate surface area is 106 Å². The van der Waals surface area contributed by atoms with E-state index in [0.29, 0.717) is 24.2 Å². The fourth-order valence-corrected chi connectivity index (χ4v) is 3.98. The second-order valence-corrected chi connectivity index (χ2v) is 6.00. The van der Waals surface area contributed by atoms with Gasteiger partial charge in [-0.05, 0) is 54.5 Å². The molecule has 2 aliphatic rings. The predicted molar refractivity (Wildman–Crippen MR) is 69.8 cm³/mol. The van der Waals surface area contributed by atoms with E-state index in [1.165, 1.54) is 24.8 Å². The summed E-state index contributed by atoms with van der Waals surface area (Å²) in [5, 5.41) is 4.37. The molecule has 0 spiro atoms. The Hall–Kier alpha value is -0.420. The van der Waals surface area contributed by atoms with E-state index >= 15 is 0 Å². The molecule has 0 saturated carbocycles. The van der Waals surface area contributed by atoms with E-state index in [1.807, 2.05) is 0 Å². The first-order valence-electron chi connectivity index (χ1n) is 6.49. The SMILES string of the molecule is NNC(CCc1ccsc1)C1CC2CCC1O2. The molecule has 3 rings (SSSR count). The summed E-state index contributed by atoms with van der Waals surface area (Å²) in [6.45, 7) is 0. The summed E-state index contributed by atoms with van der Waals surface area (Å²) in [7, 11) is 0. The molecule has 3 heterocycles. The van der Waals surface area contributed by atoms with E-state index in [-0.39, 0.29) is 0 Å². The van der Waals surface area contributed by atoms with Crippen LogP contribution in [0.3, 0.4) is 0 Å². The smallest absolute Gasteiger partial charge is 0.0624 e. The molecule has 3 nitrogen and oxygen atoms in total. The lowest BCUT2D eigenvalue weighted by Crippen LogP contribution is -2.44. The fraction of sp³-hybridized carbons (Fsp3) is 0.692. The van der Waals surface area contributed by atoms with Gasteiger partial charge in [-0.1, -0.05) is 0 Å². The topological polar surface area (TPSA) is 47.3 Å². The van der Waals surface area contributed by atoms with Gasteiger partial charge >= 0.3 is 0 Å². The van der Waals surface area contributed by atoms with Crippen LogP contribution in [0.1, 0.15) is 31.2 Å². The number of aryl methyl sites for hydroxylation is 1. The molecule has 2 fully saturated rings. The summed E-state index contributed by atoms with van der Waals surface area (Å²) in [4.78, 5) is 0. The molecule has 1 aromatic heterocycles. The molecule has 2 saturated heterocycles. The largest absolute Gasteiger partial charge is 0.375 e. The lowest BCUT2D eigenvalue weighted by atomic mass is 9.82. The molecule has 2 bridgehead atoms. The number of hydrogen-bond acceptors (Lipinski definition) is 4. The van der Waals surface area contributed by atoms with Gasteiger partial charge in [0.2, 0.25) is 0 Å². The number of rotatable bonds is 5. The zero-order valence-corrected chi connectivity index (χ0v) is 10.8. The highest BCUT2D eigenvalue weighted by atomic mass is 32.1. The Morgan fingerprint density at radius 2 is 2.47 bits per heavy atom. The third-order valence-corrected chi connectivity index (χ3v) is 4.94. The van der Waals surface area contributed by atoms with E-state index in [2.05, 4.69) is 22.3 Å². The Morgan fingerprint density at radius 1 is 1.53 bits per heavy atom. The Balaban J connectivity index is 1.56. The van der Waals surface area contributed by atoms with Crippen molar-refractivity contribution in [3.63, 3.8) is 0 Å². The summed E-state index contributed by atoms with van der Waals surface area (Å²) in [5.41, 5.74) is 4.44. The number of hydrogen-bond donors (Lipinski definition) is 2. The highest BCUT2D eigenvalue weighted by molar-refractivity contribution is 7.07. The number of hydrazine groups is 1. The van der Waals surface area contributed by atoms with Gasteiger partial charge in [0.05, 0.1) is 12.2 Å². The van der Waals surface area contributed by atoms with Gasteiger partial charge in [0, 0.05) is 12.0 Å². The van der Waals surface area contributed by atoms with Crippen molar-refractivity contribution in [1.82, 2.24) is 5.43 Å². The average molecular weight is 252 g/mol. The molecule has 0 radical (unpaired) electrons. The lowest BCUT2D eigenvalue weighted by Gasteiger charge is -2.27. The molecule has 0 aliphatic carbocycles. The molecule has 0 amide bonds. The van der Waals surface area contributed by atoms with Crippen LogP contribution in [0.5, 0.6) is 0 Å². The van der Waals surface area contributed by atoms with Crippen molar-refractivity contribution < 1.29 is 4.74 Å². The third-order valence-electron chi connectivity index (χ3n) is 4.21. The summed E-state index contributed by atoms with van der Waals surface area (Å²) in [6, 6.07) is 2.61. The Morgan fingerprint density at radius 3 is 3.06 bits per heavy atom. The molecule has 4 atom stereocenters. The zero-order chi connectivity index (χ0) is 11.7. The minimum Gasteiger partial charge on any atom is -0.375 e. The fourth-order valence-electron chi connectivity index (χ4n) is 3.28. The normalized spacial score (nSPS) is 33.1. The van der Waals surface area contributed by atoms with Crippen molar-refractivity contribution in [1.29, 1.82) is 0 Å². The first kappa shape index (κ1) is 11.7. The van der Waals surface area contributed by atoms with Crippen molar-refractivity contribution in [3.8, 4) is 0 Å². The van der Waals surface area contributed by atoms with E-state index in [9.17, 15) is 0 Å². The molecule has 0 aromatic carbocycles. The number of fused-ring (bicyclic) bond motifs is 2. The summed E-state index contributed by atoms with van der Waals surface area (Å²) < 4.78 is 5.91. The minimum atomic E-state index is 0.408. The highest BCUT2D eigenvalue weighted by Gasteiger charge is 2.43. The van der Waals surface area contributed by atoms with E-state index in [1.54, 1.807) is 11.3 Å². The first-order valence-corrected chi connectivity index (χ1v) is 7.44. The molecular formula is C13H20N2OS. The monoisotopic (exact) mass is 252 g/mol. The van der Waals surface area contributed by atoms with E-state index in [0.717, 1.165) is 12.8 Å². The van der Waals surface area contributed by atoms with Gasteiger partial charge in [-0.3, -0.25) is 11.3 Å². The molecule has 3 N–H and O–H groups in total. The van der Waals surface area contributed by atoms with Gasteiger partial charge in [0.25, 0.3) is 0 Å². The van der Waals surface area contributed by atoms with Crippen LogP contribution in [0.2, 0.25) is 0 Å². The van der Waals surface area contributed by atoms with Crippen molar-refractivity contribution in [2.75, 3.05) is 0 Å². The quantitative estimate of drug-likeness (QED) is 0.623. The second-order valence-electron chi connectivity index (χ2n) is 5.22. The summed E-state index contributed by atoms with van der Waals surface area (Å²) >= 11 is 1.77.